The molecule has 0 saturated carbocycles. The molecule has 2 aromatic rings. The van der Waals surface area contributed by atoms with Crippen LogP contribution in [-0.2, 0) is 4.79 Å². The number of rotatable bonds is 3. The van der Waals surface area contributed by atoms with Gasteiger partial charge < -0.3 is 5.11 Å². The van der Waals surface area contributed by atoms with Gasteiger partial charge in [-0.15, -0.1) is 11.3 Å². The maximum atomic E-state index is 12.9. The average Bonchev–Trinajstić information content (AvgIpc) is 2.77. The summed E-state index contributed by atoms with van der Waals surface area (Å²) in [5.41, 5.74) is 0.847. The fraction of sp³-hybridized carbons (Fsp3) is 0. The zero-order chi connectivity index (χ0) is 13.1. The molecule has 1 N–H and O–H groups in total. The molecular formula is C13H8ClFO2S. The smallest absolute Gasteiger partial charge is 0.364 e. The van der Waals surface area contributed by atoms with Gasteiger partial charge in [0.2, 0.25) is 5.83 Å². The highest BCUT2D eigenvalue weighted by molar-refractivity contribution is 7.16. The van der Waals surface area contributed by atoms with Crippen LogP contribution in [0.15, 0.2) is 42.2 Å². The van der Waals surface area contributed by atoms with Crippen LogP contribution in [0.25, 0.3) is 16.5 Å². The third-order valence-corrected chi connectivity index (χ3v) is 3.63. The molecule has 1 aromatic carbocycles. The molecule has 0 bridgehead atoms. The van der Waals surface area contributed by atoms with Gasteiger partial charge in [0.25, 0.3) is 0 Å². The standard InChI is InChI=1S/C13H8ClFO2S/c14-10-4-2-1-3-9(10)12-6-5-8(18-12)7-11(15)13(16)17/h1-7H,(H,16,17). The van der Waals surface area contributed by atoms with E-state index in [1.807, 2.05) is 18.2 Å². The number of carboxylic acids is 1. The van der Waals surface area contributed by atoms with Crippen LogP contribution in [0, 0.1) is 0 Å². The normalized spacial score (nSPS) is 11.6. The quantitative estimate of drug-likeness (QED) is 0.844. The molecule has 18 heavy (non-hydrogen) atoms. The number of benzene rings is 1. The second kappa shape index (κ2) is 5.33. The van der Waals surface area contributed by atoms with Crippen molar-refractivity contribution in [1.29, 1.82) is 0 Å². The Morgan fingerprint density at radius 1 is 1.28 bits per heavy atom. The van der Waals surface area contributed by atoms with E-state index in [4.69, 9.17) is 16.7 Å². The van der Waals surface area contributed by atoms with Gasteiger partial charge in [0, 0.05) is 20.3 Å². The van der Waals surface area contributed by atoms with Crippen LogP contribution >= 0.6 is 22.9 Å². The zero-order valence-electron chi connectivity index (χ0n) is 9.06. The molecule has 0 aliphatic rings. The Morgan fingerprint density at radius 2 is 2.00 bits per heavy atom. The van der Waals surface area contributed by atoms with Crippen molar-refractivity contribution in [3.8, 4) is 10.4 Å². The van der Waals surface area contributed by atoms with Gasteiger partial charge in [0.1, 0.15) is 0 Å². The van der Waals surface area contributed by atoms with Crippen LogP contribution in [-0.4, -0.2) is 11.1 Å². The molecule has 0 aliphatic carbocycles. The minimum atomic E-state index is -1.57. The molecule has 0 radical (unpaired) electrons. The van der Waals surface area contributed by atoms with Crippen molar-refractivity contribution in [2.24, 2.45) is 0 Å². The first kappa shape index (κ1) is 12.8. The Hall–Kier alpha value is -1.65. The molecule has 0 atom stereocenters. The number of halogens is 2. The summed E-state index contributed by atoms with van der Waals surface area (Å²) in [6.45, 7) is 0. The summed E-state index contributed by atoms with van der Waals surface area (Å²) >= 11 is 7.33. The van der Waals surface area contributed by atoms with Gasteiger partial charge in [-0.1, -0.05) is 29.8 Å². The van der Waals surface area contributed by atoms with Crippen molar-refractivity contribution < 1.29 is 14.3 Å². The molecule has 92 valence electrons. The van der Waals surface area contributed by atoms with E-state index in [2.05, 4.69) is 0 Å². The lowest BCUT2D eigenvalue weighted by molar-refractivity contribution is -0.134. The van der Waals surface area contributed by atoms with Crippen LogP contribution in [0.3, 0.4) is 0 Å². The van der Waals surface area contributed by atoms with Crippen LogP contribution in [0.2, 0.25) is 5.02 Å². The maximum Gasteiger partial charge on any atom is 0.364 e. The SMILES string of the molecule is O=C(O)C(F)=Cc1ccc(-c2ccccc2Cl)s1. The van der Waals surface area contributed by atoms with Crippen molar-refractivity contribution in [3.05, 3.63) is 52.1 Å². The van der Waals surface area contributed by atoms with E-state index < -0.39 is 11.8 Å². The van der Waals surface area contributed by atoms with Gasteiger partial charge in [0.05, 0.1) is 0 Å². The monoisotopic (exact) mass is 282 g/mol. The van der Waals surface area contributed by atoms with Gasteiger partial charge in [-0.3, -0.25) is 0 Å². The Morgan fingerprint density at radius 3 is 2.67 bits per heavy atom. The van der Waals surface area contributed by atoms with Gasteiger partial charge in [-0.05, 0) is 24.3 Å². The van der Waals surface area contributed by atoms with E-state index in [-0.39, 0.29) is 0 Å². The first-order valence-electron chi connectivity index (χ1n) is 5.03. The molecule has 0 saturated heterocycles. The molecule has 1 aromatic heterocycles. The maximum absolute atomic E-state index is 12.9. The van der Waals surface area contributed by atoms with Gasteiger partial charge in [-0.25, -0.2) is 4.79 Å². The van der Waals surface area contributed by atoms with Crippen molar-refractivity contribution in [2.45, 2.75) is 0 Å². The Labute approximate surface area is 112 Å². The van der Waals surface area contributed by atoms with Crippen molar-refractivity contribution >= 4 is 35.0 Å². The highest BCUT2D eigenvalue weighted by Crippen LogP contribution is 2.33. The summed E-state index contributed by atoms with van der Waals surface area (Å²) < 4.78 is 12.9. The van der Waals surface area contributed by atoms with E-state index in [9.17, 15) is 9.18 Å². The van der Waals surface area contributed by atoms with Crippen LogP contribution in [0.5, 0.6) is 0 Å². The van der Waals surface area contributed by atoms with Crippen molar-refractivity contribution in [2.75, 3.05) is 0 Å². The molecule has 5 heteroatoms. The molecule has 1 heterocycles. The highest BCUT2D eigenvalue weighted by atomic mass is 35.5. The summed E-state index contributed by atoms with van der Waals surface area (Å²) in [4.78, 5) is 11.8. The molecule has 0 spiro atoms. The number of hydrogen-bond donors (Lipinski definition) is 1. The largest absolute Gasteiger partial charge is 0.476 e. The molecule has 0 fully saturated rings. The van der Waals surface area contributed by atoms with Crippen molar-refractivity contribution in [1.82, 2.24) is 0 Å². The molecule has 2 nitrogen and oxygen atoms in total. The second-order valence-electron chi connectivity index (χ2n) is 3.48. The minimum Gasteiger partial charge on any atom is -0.476 e. The Balaban J connectivity index is 2.35. The van der Waals surface area contributed by atoms with Gasteiger partial charge in [0.15, 0.2) is 0 Å². The van der Waals surface area contributed by atoms with E-state index in [0.29, 0.717) is 9.90 Å². The minimum absolute atomic E-state index is 0.532. The number of thiophene rings is 1. The summed E-state index contributed by atoms with van der Waals surface area (Å²) in [7, 11) is 0. The Kier molecular flexibility index (Phi) is 3.79. The summed E-state index contributed by atoms with van der Waals surface area (Å²) in [6, 6.07) is 10.7. The van der Waals surface area contributed by atoms with E-state index >= 15 is 0 Å². The average molecular weight is 283 g/mol. The fourth-order valence-corrected chi connectivity index (χ4v) is 2.69. The van der Waals surface area contributed by atoms with Crippen LogP contribution < -0.4 is 0 Å². The van der Waals surface area contributed by atoms with Crippen molar-refractivity contribution in [3.63, 3.8) is 0 Å². The van der Waals surface area contributed by atoms with E-state index in [1.165, 1.54) is 11.3 Å². The Bertz CT molecular complexity index is 619. The first-order valence-corrected chi connectivity index (χ1v) is 6.22. The highest BCUT2D eigenvalue weighted by Gasteiger charge is 2.08. The summed E-state index contributed by atoms with van der Waals surface area (Å²) in [5.74, 6) is -2.75. The number of aliphatic carboxylic acids is 1. The molecule has 0 unspecified atom stereocenters. The lowest BCUT2D eigenvalue weighted by Gasteiger charge is -1.99. The predicted octanol–water partition coefficient (Wildman–Crippen LogP) is 4.46. The number of hydrogen-bond acceptors (Lipinski definition) is 2. The zero-order valence-corrected chi connectivity index (χ0v) is 10.6. The first-order chi connectivity index (χ1) is 8.58. The molecular weight excluding hydrogens is 275 g/mol. The fourth-order valence-electron chi connectivity index (χ4n) is 1.42. The van der Waals surface area contributed by atoms with Crippen LogP contribution in [0.4, 0.5) is 4.39 Å². The number of carboxylic acid groups (broad SMARTS) is 1. The summed E-state index contributed by atoms with van der Waals surface area (Å²) in [5, 5.41) is 9.06. The lowest BCUT2D eigenvalue weighted by Crippen LogP contribution is -1.93. The lowest BCUT2D eigenvalue weighted by atomic mass is 10.2. The van der Waals surface area contributed by atoms with E-state index in [1.54, 1.807) is 18.2 Å². The van der Waals surface area contributed by atoms with Gasteiger partial charge in [-0.2, -0.15) is 4.39 Å². The predicted molar refractivity (Wildman–Crippen MR) is 71.5 cm³/mol. The second-order valence-corrected chi connectivity index (χ2v) is 5.00. The molecule has 0 amide bonds. The van der Waals surface area contributed by atoms with Gasteiger partial charge >= 0.3 is 5.97 Å². The van der Waals surface area contributed by atoms with Crippen LogP contribution in [0.1, 0.15) is 4.88 Å². The number of carbonyl (C=O) groups is 1. The topological polar surface area (TPSA) is 37.3 Å². The molecule has 2 rings (SSSR count). The third-order valence-electron chi connectivity index (χ3n) is 2.24. The summed E-state index contributed by atoms with van der Waals surface area (Å²) in [6.07, 6.45) is 0.993. The van der Waals surface area contributed by atoms with E-state index in [0.717, 1.165) is 16.5 Å². The molecule has 0 aliphatic heterocycles. The third kappa shape index (κ3) is 2.78.